The van der Waals surface area contributed by atoms with E-state index in [9.17, 15) is 14.4 Å². The summed E-state index contributed by atoms with van der Waals surface area (Å²) in [5, 5.41) is 5.71. The molecule has 0 radical (unpaired) electrons. The second-order valence-corrected chi connectivity index (χ2v) is 8.71. The Morgan fingerprint density at radius 2 is 1.86 bits per heavy atom. The van der Waals surface area contributed by atoms with Crippen molar-refractivity contribution in [2.75, 3.05) is 69.9 Å². The zero-order valence-electron chi connectivity index (χ0n) is 20.4. The van der Waals surface area contributed by atoms with E-state index in [1.807, 2.05) is 0 Å². The van der Waals surface area contributed by atoms with Gasteiger partial charge in [0.05, 0.1) is 26.2 Å². The average Bonchev–Trinajstić information content (AvgIpc) is 3.30. The number of carbonyl (C=O) groups is 3. The van der Waals surface area contributed by atoms with E-state index in [0.717, 1.165) is 32.8 Å². The number of hydrogen-bond acceptors (Lipinski definition) is 7. The van der Waals surface area contributed by atoms with E-state index in [-0.39, 0.29) is 36.7 Å². The average molecular weight is 497 g/mol. The minimum absolute atomic E-state index is 0.0883. The Hall–Kier alpha value is -3.63. The molecule has 3 amide bonds. The summed E-state index contributed by atoms with van der Waals surface area (Å²) < 4.78 is 16.1. The maximum Gasteiger partial charge on any atom is 0.262 e. The Kier molecular flexibility index (Phi) is 8.75. The number of hydrogen-bond donors (Lipinski definition) is 2. The van der Waals surface area contributed by atoms with Crippen LogP contribution in [-0.4, -0.2) is 82.3 Å². The fourth-order valence-corrected chi connectivity index (χ4v) is 4.21. The van der Waals surface area contributed by atoms with Gasteiger partial charge in [-0.25, -0.2) is 0 Å². The first-order valence-electron chi connectivity index (χ1n) is 12.1. The molecule has 0 unspecified atom stereocenters. The number of amides is 3. The maximum absolute atomic E-state index is 12.6. The number of nitrogens with one attached hydrogen (secondary N) is 2. The van der Waals surface area contributed by atoms with Gasteiger partial charge in [-0.2, -0.15) is 0 Å². The maximum atomic E-state index is 12.6. The zero-order valence-corrected chi connectivity index (χ0v) is 20.4. The van der Waals surface area contributed by atoms with E-state index in [4.69, 9.17) is 14.2 Å². The molecule has 0 bridgehead atoms. The first kappa shape index (κ1) is 25.5. The lowest BCUT2D eigenvalue weighted by Gasteiger charge is -2.26. The van der Waals surface area contributed by atoms with Crippen LogP contribution in [0, 0.1) is 5.92 Å². The molecule has 2 N–H and O–H groups in total. The third-order valence-corrected chi connectivity index (χ3v) is 6.20. The number of morpholine rings is 1. The van der Waals surface area contributed by atoms with Crippen LogP contribution in [-0.2, 0) is 19.1 Å². The molecule has 10 heteroatoms. The number of ether oxygens (including phenoxy) is 3. The molecular formula is C26H32N4O6. The molecule has 0 aromatic heterocycles. The summed E-state index contributed by atoms with van der Waals surface area (Å²) in [5.74, 6) is 0.288. The van der Waals surface area contributed by atoms with Gasteiger partial charge in [0, 0.05) is 56.6 Å². The summed E-state index contributed by atoms with van der Waals surface area (Å²) in [4.78, 5) is 41.2. The quantitative estimate of drug-likeness (QED) is 0.513. The summed E-state index contributed by atoms with van der Waals surface area (Å²) >= 11 is 0. The van der Waals surface area contributed by atoms with Gasteiger partial charge in [-0.3, -0.25) is 19.3 Å². The molecule has 192 valence electrons. The van der Waals surface area contributed by atoms with Crippen molar-refractivity contribution in [3.8, 4) is 11.5 Å². The van der Waals surface area contributed by atoms with E-state index >= 15 is 0 Å². The summed E-state index contributed by atoms with van der Waals surface area (Å²) in [6.07, 6.45) is 0.187. The first-order valence-corrected chi connectivity index (χ1v) is 12.1. The third kappa shape index (κ3) is 6.96. The normalized spacial score (nSPS) is 18.1. The molecule has 36 heavy (non-hydrogen) atoms. The van der Waals surface area contributed by atoms with Gasteiger partial charge >= 0.3 is 0 Å². The smallest absolute Gasteiger partial charge is 0.262 e. The van der Waals surface area contributed by atoms with Crippen LogP contribution >= 0.6 is 0 Å². The molecule has 2 heterocycles. The standard InChI is InChI=1S/C26H32N4O6/c1-34-23-4-2-3-20(16-23)28-24(31)18-36-22-7-5-21(6-8-22)30-17-19(15-25(30)32)26(33)27-9-10-29-11-13-35-14-12-29/h2-8,16,19H,9-15,17-18H2,1H3,(H,27,33)(H,28,31)/t19-/m1/s1. The molecule has 0 aliphatic carbocycles. The van der Waals surface area contributed by atoms with Crippen LogP contribution in [0.4, 0.5) is 11.4 Å². The number of nitrogens with zero attached hydrogens (tertiary/aromatic N) is 2. The van der Waals surface area contributed by atoms with Gasteiger partial charge in [-0.1, -0.05) is 6.07 Å². The van der Waals surface area contributed by atoms with Gasteiger partial charge in [0.1, 0.15) is 11.5 Å². The van der Waals surface area contributed by atoms with E-state index in [2.05, 4.69) is 15.5 Å². The fraction of sp³-hybridized carbons (Fsp3) is 0.423. The molecule has 2 aromatic carbocycles. The van der Waals surface area contributed by atoms with Crippen LogP contribution in [0.5, 0.6) is 11.5 Å². The van der Waals surface area contributed by atoms with Crippen LogP contribution in [0.15, 0.2) is 48.5 Å². The molecule has 1 atom stereocenters. The van der Waals surface area contributed by atoms with Crippen molar-refractivity contribution in [1.29, 1.82) is 0 Å². The van der Waals surface area contributed by atoms with Crippen LogP contribution in [0.25, 0.3) is 0 Å². The highest BCUT2D eigenvalue weighted by molar-refractivity contribution is 6.00. The van der Waals surface area contributed by atoms with Crippen LogP contribution in [0.2, 0.25) is 0 Å². The van der Waals surface area contributed by atoms with Crippen molar-refractivity contribution in [3.05, 3.63) is 48.5 Å². The van der Waals surface area contributed by atoms with Crippen LogP contribution < -0.4 is 25.0 Å². The molecule has 0 spiro atoms. The number of anilines is 2. The number of carbonyl (C=O) groups excluding carboxylic acids is 3. The van der Waals surface area contributed by atoms with Gasteiger partial charge in [0.2, 0.25) is 11.8 Å². The SMILES string of the molecule is COc1cccc(NC(=O)COc2ccc(N3C[C@H](C(=O)NCCN4CCOCC4)CC3=O)cc2)c1. The molecule has 2 fully saturated rings. The fourth-order valence-electron chi connectivity index (χ4n) is 4.21. The van der Waals surface area contributed by atoms with E-state index in [1.54, 1.807) is 60.5 Å². The van der Waals surface area contributed by atoms with E-state index < -0.39 is 0 Å². The zero-order chi connectivity index (χ0) is 25.3. The summed E-state index contributed by atoms with van der Waals surface area (Å²) in [5.41, 5.74) is 1.31. The molecular weight excluding hydrogens is 464 g/mol. The second kappa shape index (κ2) is 12.4. The summed E-state index contributed by atoms with van der Waals surface area (Å²) in [6, 6.07) is 14.0. The number of rotatable bonds is 10. The molecule has 2 aliphatic rings. The minimum atomic E-state index is -0.376. The van der Waals surface area contributed by atoms with E-state index in [1.165, 1.54) is 0 Å². The third-order valence-electron chi connectivity index (χ3n) is 6.20. The number of benzene rings is 2. The topological polar surface area (TPSA) is 109 Å². The highest BCUT2D eigenvalue weighted by Gasteiger charge is 2.35. The molecule has 0 saturated carbocycles. The minimum Gasteiger partial charge on any atom is -0.497 e. The predicted octanol–water partition coefficient (Wildman–Crippen LogP) is 1.51. The first-order chi connectivity index (χ1) is 17.5. The van der Waals surface area contributed by atoms with Gasteiger partial charge in [0.15, 0.2) is 6.61 Å². The van der Waals surface area contributed by atoms with Crippen molar-refractivity contribution in [3.63, 3.8) is 0 Å². The Morgan fingerprint density at radius 1 is 1.08 bits per heavy atom. The second-order valence-electron chi connectivity index (χ2n) is 8.71. The van der Waals surface area contributed by atoms with Crippen molar-refractivity contribution < 1.29 is 28.6 Å². The van der Waals surface area contributed by atoms with Crippen molar-refractivity contribution >= 4 is 29.1 Å². The monoisotopic (exact) mass is 496 g/mol. The predicted molar refractivity (Wildman–Crippen MR) is 134 cm³/mol. The van der Waals surface area contributed by atoms with Crippen molar-refractivity contribution in [1.82, 2.24) is 10.2 Å². The van der Waals surface area contributed by atoms with Crippen molar-refractivity contribution in [2.24, 2.45) is 5.92 Å². The molecule has 10 nitrogen and oxygen atoms in total. The Labute approximate surface area is 210 Å². The Balaban J connectivity index is 1.22. The Morgan fingerprint density at radius 3 is 2.61 bits per heavy atom. The van der Waals surface area contributed by atoms with Crippen LogP contribution in [0.3, 0.4) is 0 Å². The lowest BCUT2D eigenvalue weighted by molar-refractivity contribution is -0.126. The summed E-state index contributed by atoms with van der Waals surface area (Å²) in [7, 11) is 1.56. The molecule has 2 aliphatic heterocycles. The highest BCUT2D eigenvalue weighted by Crippen LogP contribution is 2.27. The van der Waals surface area contributed by atoms with Crippen molar-refractivity contribution in [2.45, 2.75) is 6.42 Å². The lowest BCUT2D eigenvalue weighted by Crippen LogP contribution is -2.42. The van der Waals surface area contributed by atoms with Gasteiger partial charge in [-0.05, 0) is 36.4 Å². The summed E-state index contributed by atoms with van der Waals surface area (Å²) in [6.45, 7) is 4.70. The van der Waals surface area contributed by atoms with Gasteiger partial charge in [0.25, 0.3) is 5.91 Å². The molecule has 4 rings (SSSR count). The van der Waals surface area contributed by atoms with Gasteiger partial charge in [-0.15, -0.1) is 0 Å². The molecule has 2 saturated heterocycles. The van der Waals surface area contributed by atoms with E-state index in [0.29, 0.717) is 36.0 Å². The molecule has 2 aromatic rings. The largest absolute Gasteiger partial charge is 0.497 e. The highest BCUT2D eigenvalue weighted by atomic mass is 16.5. The van der Waals surface area contributed by atoms with Gasteiger partial charge < -0.3 is 29.7 Å². The lowest BCUT2D eigenvalue weighted by atomic mass is 10.1. The Bertz CT molecular complexity index is 1050. The van der Waals surface area contributed by atoms with Crippen LogP contribution in [0.1, 0.15) is 6.42 Å². The number of methoxy groups -OCH3 is 1.